The van der Waals surface area contributed by atoms with Gasteiger partial charge >= 0.3 is 0 Å². The zero-order valence-electron chi connectivity index (χ0n) is 10.9. The third-order valence-electron chi connectivity index (χ3n) is 4.31. The first-order valence-electron chi connectivity index (χ1n) is 6.89. The van der Waals surface area contributed by atoms with Gasteiger partial charge in [-0.3, -0.25) is 0 Å². The maximum Gasteiger partial charge on any atom is -0.00143 e. The molecule has 0 heterocycles. The molecule has 20 heavy (non-hydrogen) atoms. The fourth-order valence-electron chi connectivity index (χ4n) is 3.50. The molecule has 1 aliphatic rings. The minimum atomic E-state index is 1.31. The molecule has 91 valence electrons. The summed E-state index contributed by atoms with van der Waals surface area (Å²) in [5.41, 5.74) is 5.38. The SMILES string of the molecule is [c]1ccc2c(c1)-c1cccc3cc4ccccc4c-2c13. The molecular weight excluding hydrogens is 240 g/mol. The van der Waals surface area contributed by atoms with Gasteiger partial charge in [-0.25, -0.2) is 0 Å². The summed E-state index contributed by atoms with van der Waals surface area (Å²) in [5, 5.41) is 5.37. The Morgan fingerprint density at radius 2 is 1.60 bits per heavy atom. The van der Waals surface area contributed by atoms with E-state index in [-0.39, 0.29) is 0 Å². The summed E-state index contributed by atoms with van der Waals surface area (Å²) in [4.78, 5) is 0. The molecule has 0 saturated carbocycles. The summed E-state index contributed by atoms with van der Waals surface area (Å²) < 4.78 is 0. The first-order chi connectivity index (χ1) is 9.93. The molecule has 1 radical (unpaired) electrons. The van der Waals surface area contributed by atoms with Gasteiger partial charge in [-0.15, -0.1) is 0 Å². The van der Waals surface area contributed by atoms with Crippen LogP contribution in [0.1, 0.15) is 0 Å². The van der Waals surface area contributed by atoms with Crippen LogP contribution < -0.4 is 0 Å². The van der Waals surface area contributed by atoms with Crippen LogP contribution in [0, 0.1) is 6.07 Å². The molecule has 0 heteroatoms. The van der Waals surface area contributed by atoms with Crippen molar-refractivity contribution in [2.24, 2.45) is 0 Å². The molecule has 1 aliphatic carbocycles. The normalized spacial score (nSPS) is 12.0. The lowest BCUT2D eigenvalue weighted by atomic mass is 9.96. The molecule has 0 aliphatic heterocycles. The molecule has 0 N–H and O–H groups in total. The van der Waals surface area contributed by atoms with E-state index >= 15 is 0 Å². The Bertz CT molecular complexity index is 993. The van der Waals surface area contributed by atoms with Crippen molar-refractivity contribution in [3.63, 3.8) is 0 Å². The van der Waals surface area contributed by atoms with E-state index in [1.54, 1.807) is 0 Å². The van der Waals surface area contributed by atoms with Crippen LogP contribution in [-0.4, -0.2) is 0 Å². The monoisotopic (exact) mass is 251 g/mol. The molecule has 0 atom stereocenters. The standard InChI is InChI=1S/C20H11/c1-2-8-15-13(6-1)12-14-7-5-11-17-16-9-3-4-10-18(16)20(15)19(14)17/h1-2,4-12H. The predicted molar refractivity (Wildman–Crippen MR) is 84.7 cm³/mol. The molecule has 0 spiro atoms. The van der Waals surface area contributed by atoms with Crippen molar-refractivity contribution in [1.29, 1.82) is 0 Å². The Morgan fingerprint density at radius 3 is 2.60 bits per heavy atom. The number of fused-ring (bicyclic) bond motifs is 5. The smallest absolute Gasteiger partial charge is 0.00143 e. The third-order valence-corrected chi connectivity index (χ3v) is 4.31. The fraction of sp³-hybridized carbons (Fsp3) is 0. The number of benzene rings is 4. The summed E-state index contributed by atoms with van der Waals surface area (Å²) >= 11 is 0. The lowest BCUT2D eigenvalue weighted by molar-refractivity contribution is 1.69. The van der Waals surface area contributed by atoms with Crippen molar-refractivity contribution in [2.45, 2.75) is 0 Å². The van der Waals surface area contributed by atoms with Crippen molar-refractivity contribution < 1.29 is 0 Å². The van der Waals surface area contributed by atoms with Crippen LogP contribution in [0.5, 0.6) is 0 Å². The highest BCUT2D eigenvalue weighted by Crippen LogP contribution is 2.49. The average molecular weight is 251 g/mol. The predicted octanol–water partition coefficient (Wildman–Crippen LogP) is 5.44. The lowest BCUT2D eigenvalue weighted by Gasteiger charge is -2.07. The van der Waals surface area contributed by atoms with Gasteiger partial charge in [0.2, 0.25) is 0 Å². The quantitative estimate of drug-likeness (QED) is 0.321. The van der Waals surface area contributed by atoms with Gasteiger partial charge in [-0.1, -0.05) is 54.6 Å². The van der Waals surface area contributed by atoms with E-state index in [2.05, 4.69) is 66.7 Å². The molecule has 5 rings (SSSR count). The highest BCUT2D eigenvalue weighted by atomic mass is 14.2. The van der Waals surface area contributed by atoms with Crippen molar-refractivity contribution in [3.8, 4) is 22.3 Å². The molecule has 0 amide bonds. The van der Waals surface area contributed by atoms with Crippen LogP contribution in [0.2, 0.25) is 0 Å². The third kappa shape index (κ3) is 1.12. The van der Waals surface area contributed by atoms with Crippen molar-refractivity contribution >= 4 is 21.5 Å². The largest absolute Gasteiger partial charge is 0.0616 e. The van der Waals surface area contributed by atoms with E-state index < -0.39 is 0 Å². The van der Waals surface area contributed by atoms with Gasteiger partial charge in [-0.05, 0) is 62.0 Å². The molecule has 4 aromatic rings. The van der Waals surface area contributed by atoms with Crippen LogP contribution in [0.25, 0.3) is 43.8 Å². The van der Waals surface area contributed by atoms with Crippen molar-refractivity contribution in [2.75, 3.05) is 0 Å². The van der Waals surface area contributed by atoms with Crippen LogP contribution in [0.15, 0.2) is 66.7 Å². The number of hydrogen-bond acceptors (Lipinski definition) is 0. The molecule has 0 saturated heterocycles. The second-order valence-corrected chi connectivity index (χ2v) is 5.35. The molecule has 0 fully saturated rings. The Hall–Kier alpha value is -2.60. The first kappa shape index (κ1) is 10.2. The first-order valence-corrected chi connectivity index (χ1v) is 6.89. The van der Waals surface area contributed by atoms with Gasteiger partial charge in [0.25, 0.3) is 0 Å². The second-order valence-electron chi connectivity index (χ2n) is 5.35. The molecule has 4 aromatic carbocycles. The van der Waals surface area contributed by atoms with Gasteiger partial charge in [0.05, 0.1) is 0 Å². The van der Waals surface area contributed by atoms with E-state index in [0.717, 1.165) is 0 Å². The zero-order valence-corrected chi connectivity index (χ0v) is 10.9. The Labute approximate surface area is 117 Å². The molecule has 0 nitrogen and oxygen atoms in total. The van der Waals surface area contributed by atoms with Crippen LogP contribution in [0.4, 0.5) is 0 Å². The summed E-state index contributed by atoms with van der Waals surface area (Å²) in [5.74, 6) is 0. The number of hydrogen-bond donors (Lipinski definition) is 0. The van der Waals surface area contributed by atoms with Gasteiger partial charge < -0.3 is 0 Å². The van der Waals surface area contributed by atoms with E-state index in [1.807, 2.05) is 6.07 Å². The molecule has 0 unspecified atom stereocenters. The van der Waals surface area contributed by atoms with Crippen LogP contribution >= 0.6 is 0 Å². The molecular formula is C20H11. The summed E-state index contributed by atoms with van der Waals surface area (Å²) in [7, 11) is 0. The van der Waals surface area contributed by atoms with Crippen molar-refractivity contribution in [1.82, 2.24) is 0 Å². The highest BCUT2D eigenvalue weighted by Gasteiger charge is 2.22. The molecule has 0 aromatic heterocycles. The Kier molecular flexibility index (Phi) is 1.78. The molecule has 0 bridgehead atoms. The highest BCUT2D eigenvalue weighted by molar-refractivity contribution is 6.23. The van der Waals surface area contributed by atoms with Crippen molar-refractivity contribution in [3.05, 3.63) is 72.8 Å². The Balaban J connectivity index is 2.15. The zero-order chi connectivity index (χ0) is 13.1. The number of rotatable bonds is 0. The maximum absolute atomic E-state index is 3.22. The minimum absolute atomic E-state index is 1.31. The average Bonchev–Trinajstić information content (AvgIpc) is 2.85. The van der Waals surface area contributed by atoms with Gasteiger partial charge in [0.1, 0.15) is 0 Å². The van der Waals surface area contributed by atoms with Crippen LogP contribution in [0.3, 0.4) is 0 Å². The summed E-state index contributed by atoms with van der Waals surface area (Å²) in [6.07, 6.45) is 0. The Morgan fingerprint density at radius 1 is 0.700 bits per heavy atom. The van der Waals surface area contributed by atoms with Gasteiger partial charge in [0.15, 0.2) is 0 Å². The van der Waals surface area contributed by atoms with Gasteiger partial charge in [-0.2, -0.15) is 0 Å². The summed E-state index contributed by atoms with van der Waals surface area (Å²) in [6.45, 7) is 0. The van der Waals surface area contributed by atoms with Crippen LogP contribution in [-0.2, 0) is 0 Å². The lowest BCUT2D eigenvalue weighted by Crippen LogP contribution is -1.80. The van der Waals surface area contributed by atoms with E-state index in [4.69, 9.17) is 0 Å². The minimum Gasteiger partial charge on any atom is -0.0616 e. The maximum atomic E-state index is 3.22. The van der Waals surface area contributed by atoms with E-state index in [0.29, 0.717) is 0 Å². The van der Waals surface area contributed by atoms with E-state index in [9.17, 15) is 0 Å². The fourth-order valence-corrected chi connectivity index (χ4v) is 3.50. The second kappa shape index (κ2) is 3.49. The van der Waals surface area contributed by atoms with Gasteiger partial charge in [0, 0.05) is 0 Å². The topological polar surface area (TPSA) is 0 Å². The van der Waals surface area contributed by atoms with E-state index in [1.165, 1.54) is 43.8 Å². The summed E-state index contributed by atoms with van der Waals surface area (Å²) in [6, 6.07) is 27.1.